The van der Waals surface area contributed by atoms with Crippen LogP contribution in [0.25, 0.3) is 0 Å². The first-order chi connectivity index (χ1) is 11.6. The fourth-order valence-corrected chi connectivity index (χ4v) is 5.74. The van der Waals surface area contributed by atoms with Crippen molar-refractivity contribution in [3.8, 4) is 0 Å². The fourth-order valence-electron chi connectivity index (χ4n) is 3.49. The zero-order chi connectivity index (χ0) is 18.6. The van der Waals surface area contributed by atoms with Crippen molar-refractivity contribution in [1.82, 2.24) is 10.2 Å². The number of aliphatic carboxylic acids is 1. The fraction of sp³-hybridized carbons (Fsp3) is 0.471. The molecule has 0 spiro atoms. The third-order valence-corrected chi connectivity index (χ3v) is 7.33. The minimum atomic E-state index is -1.62. The molecule has 2 fully saturated rings. The molecule has 3 rings (SSSR count). The second-order valence-corrected chi connectivity index (χ2v) is 9.07. The highest BCUT2D eigenvalue weighted by molar-refractivity contribution is 8.02. The Kier molecular flexibility index (Phi) is 4.33. The molecule has 134 valence electrons. The molecule has 6 nitrogen and oxygen atoms in total. The lowest BCUT2D eigenvalue weighted by Crippen LogP contribution is -2.76. The summed E-state index contributed by atoms with van der Waals surface area (Å²) in [6.07, 6.45) is 0. The molecule has 4 N–H and O–H groups in total. The summed E-state index contributed by atoms with van der Waals surface area (Å²) < 4.78 is -0.773. The minimum absolute atomic E-state index is 0.0631. The van der Waals surface area contributed by atoms with Crippen molar-refractivity contribution in [3.63, 3.8) is 0 Å². The van der Waals surface area contributed by atoms with Gasteiger partial charge in [0.2, 0.25) is 11.6 Å². The van der Waals surface area contributed by atoms with Gasteiger partial charge >= 0.3 is 5.97 Å². The van der Waals surface area contributed by atoms with Crippen LogP contribution in [0, 0.1) is 5.92 Å². The SMILES string of the molecule is C[C@@H]1C(=S)N2[C@@H]1SC(C)(C)[C@]2(NC(=O)C(N)c1ccccc1)C(=O)O. The highest BCUT2D eigenvalue weighted by Gasteiger charge is 2.71. The van der Waals surface area contributed by atoms with Crippen molar-refractivity contribution >= 4 is 40.8 Å². The zero-order valence-corrected chi connectivity index (χ0v) is 15.9. The number of carbonyl (C=O) groups excluding carboxylic acids is 1. The van der Waals surface area contributed by atoms with Crippen LogP contribution in [-0.4, -0.2) is 42.7 Å². The van der Waals surface area contributed by atoms with Gasteiger partial charge in [-0.15, -0.1) is 11.8 Å². The summed E-state index contributed by atoms with van der Waals surface area (Å²) in [6, 6.07) is 7.93. The van der Waals surface area contributed by atoms with E-state index in [9.17, 15) is 14.7 Å². The number of carboxylic acid groups (broad SMARTS) is 1. The second kappa shape index (κ2) is 5.96. The number of carboxylic acids is 1. The van der Waals surface area contributed by atoms with E-state index < -0.39 is 28.3 Å². The number of carbonyl (C=O) groups is 2. The number of benzene rings is 1. The summed E-state index contributed by atoms with van der Waals surface area (Å²) >= 11 is 6.91. The van der Waals surface area contributed by atoms with Gasteiger partial charge < -0.3 is 21.1 Å². The third kappa shape index (κ3) is 2.46. The molecule has 0 radical (unpaired) electrons. The molecule has 1 aromatic rings. The molecule has 4 atom stereocenters. The molecule has 25 heavy (non-hydrogen) atoms. The number of amides is 1. The largest absolute Gasteiger partial charge is 0.478 e. The van der Waals surface area contributed by atoms with Crippen molar-refractivity contribution < 1.29 is 14.7 Å². The summed E-state index contributed by atoms with van der Waals surface area (Å²) in [7, 11) is 0. The lowest BCUT2D eigenvalue weighted by molar-refractivity contribution is -0.157. The number of nitrogens with two attached hydrogens (primary N) is 1. The third-order valence-electron chi connectivity index (χ3n) is 5.01. The molecule has 2 saturated heterocycles. The summed E-state index contributed by atoms with van der Waals surface area (Å²) in [5.74, 6) is -1.57. The number of hydrogen-bond donors (Lipinski definition) is 3. The molecule has 2 heterocycles. The van der Waals surface area contributed by atoms with Gasteiger partial charge in [0.15, 0.2) is 0 Å². The predicted octanol–water partition coefficient (Wildman–Crippen LogP) is 1.71. The van der Waals surface area contributed by atoms with Gasteiger partial charge in [-0.3, -0.25) is 4.79 Å². The van der Waals surface area contributed by atoms with E-state index >= 15 is 0 Å². The quantitative estimate of drug-likeness (QED) is 0.686. The Morgan fingerprint density at radius 3 is 2.52 bits per heavy atom. The maximum atomic E-state index is 12.8. The highest BCUT2D eigenvalue weighted by Crippen LogP contribution is 2.58. The molecular weight excluding hydrogens is 358 g/mol. The average Bonchev–Trinajstić information content (AvgIpc) is 2.80. The molecule has 0 aliphatic carbocycles. The van der Waals surface area contributed by atoms with Gasteiger partial charge in [-0.1, -0.05) is 49.5 Å². The monoisotopic (exact) mass is 379 g/mol. The molecule has 2 aliphatic rings. The number of hydrogen-bond acceptors (Lipinski definition) is 5. The molecule has 0 bridgehead atoms. The number of rotatable bonds is 4. The van der Waals surface area contributed by atoms with Crippen LogP contribution in [0.2, 0.25) is 0 Å². The molecule has 1 aromatic carbocycles. The maximum Gasteiger partial charge on any atom is 0.352 e. The summed E-state index contributed by atoms with van der Waals surface area (Å²) in [6.45, 7) is 5.60. The normalized spacial score (nSPS) is 31.0. The first kappa shape index (κ1) is 18.2. The van der Waals surface area contributed by atoms with Crippen LogP contribution >= 0.6 is 24.0 Å². The van der Waals surface area contributed by atoms with E-state index in [0.717, 1.165) is 0 Å². The van der Waals surface area contributed by atoms with E-state index in [1.165, 1.54) is 11.8 Å². The summed E-state index contributed by atoms with van der Waals surface area (Å²) in [5.41, 5.74) is 5.07. The smallest absolute Gasteiger partial charge is 0.352 e. The number of nitrogens with one attached hydrogen (secondary N) is 1. The van der Waals surface area contributed by atoms with E-state index in [4.69, 9.17) is 18.0 Å². The number of thiocarbonyl (C=S) groups is 1. The van der Waals surface area contributed by atoms with Gasteiger partial charge in [0.25, 0.3) is 0 Å². The maximum absolute atomic E-state index is 12.8. The van der Waals surface area contributed by atoms with Crippen LogP contribution < -0.4 is 11.1 Å². The minimum Gasteiger partial charge on any atom is -0.478 e. The summed E-state index contributed by atoms with van der Waals surface area (Å²) in [4.78, 5) is 27.3. The van der Waals surface area contributed by atoms with Crippen LogP contribution in [0.4, 0.5) is 0 Å². The van der Waals surface area contributed by atoms with E-state index in [1.807, 2.05) is 26.8 Å². The van der Waals surface area contributed by atoms with Crippen LogP contribution in [0.5, 0.6) is 0 Å². The Balaban J connectivity index is 1.95. The average molecular weight is 380 g/mol. The topological polar surface area (TPSA) is 95.7 Å². The van der Waals surface area contributed by atoms with Crippen LogP contribution in [0.1, 0.15) is 32.4 Å². The number of nitrogens with zero attached hydrogens (tertiary/aromatic N) is 1. The van der Waals surface area contributed by atoms with E-state index in [-0.39, 0.29) is 11.3 Å². The zero-order valence-electron chi connectivity index (χ0n) is 14.2. The van der Waals surface area contributed by atoms with Crippen molar-refractivity contribution in [2.24, 2.45) is 11.7 Å². The first-order valence-corrected chi connectivity index (χ1v) is 9.29. The first-order valence-electron chi connectivity index (χ1n) is 8.00. The Hall–Kier alpha value is -1.64. The van der Waals surface area contributed by atoms with Gasteiger partial charge in [-0.2, -0.15) is 0 Å². The molecule has 1 unspecified atom stereocenters. The van der Waals surface area contributed by atoms with Crippen molar-refractivity contribution in [2.75, 3.05) is 0 Å². The van der Waals surface area contributed by atoms with Crippen molar-refractivity contribution in [3.05, 3.63) is 35.9 Å². The van der Waals surface area contributed by atoms with E-state index in [0.29, 0.717) is 10.6 Å². The second-order valence-electron chi connectivity index (χ2n) is 6.91. The van der Waals surface area contributed by atoms with Gasteiger partial charge in [-0.25, -0.2) is 4.79 Å². The van der Waals surface area contributed by atoms with Crippen LogP contribution in [-0.2, 0) is 9.59 Å². The Labute approximate surface area is 156 Å². The number of fused-ring (bicyclic) bond motifs is 1. The molecule has 2 aliphatic heterocycles. The Morgan fingerprint density at radius 2 is 1.96 bits per heavy atom. The molecule has 8 heteroatoms. The standard InChI is InChI=1S/C17H21N3O3S2/c1-9-13(24)20-14(9)25-16(2,3)17(20,15(22)23)19-12(21)11(18)10-7-5-4-6-8-10/h4-9,11,14H,18H2,1-3H3,(H,19,21)(H,22,23)/t9-,11?,14-,17+/m1/s1. The lowest BCUT2D eigenvalue weighted by Gasteiger charge is -2.51. The molecule has 1 amide bonds. The molecular formula is C17H21N3O3S2. The summed E-state index contributed by atoms with van der Waals surface area (Å²) in [5, 5.41) is 12.7. The van der Waals surface area contributed by atoms with Gasteiger partial charge in [-0.05, 0) is 19.4 Å². The van der Waals surface area contributed by atoms with E-state index in [2.05, 4.69) is 5.32 Å². The van der Waals surface area contributed by atoms with Crippen LogP contribution in [0.3, 0.4) is 0 Å². The molecule has 0 saturated carbocycles. The highest BCUT2D eigenvalue weighted by atomic mass is 32.2. The van der Waals surface area contributed by atoms with Gasteiger partial charge in [0.1, 0.15) is 6.04 Å². The van der Waals surface area contributed by atoms with Crippen LogP contribution in [0.15, 0.2) is 30.3 Å². The van der Waals surface area contributed by atoms with Crippen molar-refractivity contribution in [2.45, 2.75) is 42.6 Å². The Bertz CT molecular complexity index is 740. The lowest BCUT2D eigenvalue weighted by atomic mass is 9.87. The van der Waals surface area contributed by atoms with Crippen molar-refractivity contribution in [1.29, 1.82) is 0 Å². The predicted molar refractivity (Wildman–Crippen MR) is 101 cm³/mol. The molecule has 0 aromatic heterocycles. The van der Waals surface area contributed by atoms with Gasteiger partial charge in [0.05, 0.1) is 15.1 Å². The number of thioether (sulfide) groups is 1. The van der Waals surface area contributed by atoms with Gasteiger partial charge in [0, 0.05) is 5.92 Å². The van der Waals surface area contributed by atoms with E-state index in [1.54, 1.807) is 29.2 Å². The Morgan fingerprint density at radius 1 is 1.36 bits per heavy atom.